The Bertz CT molecular complexity index is 596. The predicted octanol–water partition coefficient (Wildman–Crippen LogP) is 4.95. The zero-order valence-corrected chi connectivity index (χ0v) is 11.9. The summed E-state index contributed by atoms with van der Waals surface area (Å²) in [5, 5.41) is 0. The van der Waals surface area contributed by atoms with Gasteiger partial charge in [0.05, 0.1) is 0 Å². The molecule has 0 aromatic heterocycles. The van der Waals surface area contributed by atoms with Gasteiger partial charge < -0.3 is 0 Å². The van der Waals surface area contributed by atoms with Gasteiger partial charge >= 0.3 is 0 Å². The van der Waals surface area contributed by atoms with Crippen LogP contribution >= 0.6 is 0 Å². The number of aryl methyl sites for hydroxylation is 2. The summed E-state index contributed by atoms with van der Waals surface area (Å²) in [6, 6.07) is 14.4. The monoisotopic (exact) mass is 252 g/mol. The molecule has 0 radical (unpaired) electrons. The van der Waals surface area contributed by atoms with Crippen molar-refractivity contribution in [2.24, 2.45) is 0 Å². The SMILES string of the molecule is CCCC(=O)c1cccc(-c2cc(C)ccc2C)c1. The molecule has 0 saturated carbocycles. The summed E-state index contributed by atoms with van der Waals surface area (Å²) in [5.41, 5.74) is 5.64. The van der Waals surface area contributed by atoms with Crippen LogP contribution in [0.15, 0.2) is 42.5 Å². The second kappa shape index (κ2) is 5.83. The molecule has 0 aliphatic heterocycles. The van der Waals surface area contributed by atoms with Crippen molar-refractivity contribution in [2.45, 2.75) is 33.6 Å². The maximum atomic E-state index is 12.0. The van der Waals surface area contributed by atoms with Crippen LogP contribution in [0.2, 0.25) is 0 Å². The Hall–Kier alpha value is -1.89. The third-order valence-corrected chi connectivity index (χ3v) is 3.37. The van der Waals surface area contributed by atoms with E-state index in [0.717, 1.165) is 17.5 Å². The molecule has 98 valence electrons. The highest BCUT2D eigenvalue weighted by Crippen LogP contribution is 2.25. The van der Waals surface area contributed by atoms with Crippen LogP contribution in [0.3, 0.4) is 0 Å². The van der Waals surface area contributed by atoms with Crippen molar-refractivity contribution in [2.75, 3.05) is 0 Å². The first-order valence-electron chi connectivity index (χ1n) is 6.82. The van der Waals surface area contributed by atoms with Crippen molar-refractivity contribution >= 4 is 5.78 Å². The molecule has 2 rings (SSSR count). The van der Waals surface area contributed by atoms with E-state index >= 15 is 0 Å². The molecule has 0 saturated heterocycles. The molecule has 0 amide bonds. The van der Waals surface area contributed by atoms with E-state index in [-0.39, 0.29) is 5.78 Å². The minimum atomic E-state index is 0.231. The minimum absolute atomic E-state index is 0.231. The fourth-order valence-electron chi connectivity index (χ4n) is 2.28. The Kier molecular flexibility index (Phi) is 4.16. The number of hydrogen-bond acceptors (Lipinski definition) is 1. The van der Waals surface area contributed by atoms with Crippen molar-refractivity contribution in [1.82, 2.24) is 0 Å². The van der Waals surface area contributed by atoms with Crippen LogP contribution in [0, 0.1) is 13.8 Å². The van der Waals surface area contributed by atoms with Crippen molar-refractivity contribution in [1.29, 1.82) is 0 Å². The van der Waals surface area contributed by atoms with Gasteiger partial charge in [-0.1, -0.05) is 48.9 Å². The van der Waals surface area contributed by atoms with Crippen molar-refractivity contribution in [3.05, 3.63) is 59.2 Å². The van der Waals surface area contributed by atoms with Gasteiger partial charge in [0.15, 0.2) is 5.78 Å². The summed E-state index contributed by atoms with van der Waals surface area (Å²) >= 11 is 0. The Morgan fingerprint density at radius 3 is 2.58 bits per heavy atom. The van der Waals surface area contributed by atoms with Crippen LogP contribution in [0.5, 0.6) is 0 Å². The molecule has 0 heterocycles. The molecule has 0 N–H and O–H groups in total. The van der Waals surface area contributed by atoms with Crippen LogP contribution in [-0.2, 0) is 0 Å². The van der Waals surface area contributed by atoms with Gasteiger partial charge in [-0.3, -0.25) is 4.79 Å². The number of hydrogen-bond donors (Lipinski definition) is 0. The zero-order valence-electron chi connectivity index (χ0n) is 11.9. The van der Waals surface area contributed by atoms with Crippen LogP contribution < -0.4 is 0 Å². The molecule has 2 aromatic carbocycles. The summed E-state index contributed by atoms with van der Waals surface area (Å²) in [7, 11) is 0. The molecule has 2 aromatic rings. The first-order chi connectivity index (χ1) is 9.11. The summed E-state index contributed by atoms with van der Waals surface area (Å²) < 4.78 is 0. The number of Topliss-reactive ketones (excluding diaryl/α,β-unsaturated/α-hetero) is 1. The van der Waals surface area contributed by atoms with Gasteiger partial charge in [0.25, 0.3) is 0 Å². The third-order valence-electron chi connectivity index (χ3n) is 3.37. The van der Waals surface area contributed by atoms with Gasteiger partial charge in [0.1, 0.15) is 0 Å². The predicted molar refractivity (Wildman–Crippen MR) is 80.6 cm³/mol. The minimum Gasteiger partial charge on any atom is -0.294 e. The standard InChI is InChI=1S/C18H20O/c1-4-6-18(19)16-8-5-7-15(12-16)17-11-13(2)9-10-14(17)3/h5,7-12H,4,6H2,1-3H3. The first-order valence-corrected chi connectivity index (χ1v) is 6.82. The van der Waals surface area contributed by atoms with Crippen molar-refractivity contribution < 1.29 is 4.79 Å². The average Bonchev–Trinajstić information content (AvgIpc) is 2.42. The summed E-state index contributed by atoms with van der Waals surface area (Å²) in [4.78, 5) is 12.0. The molecular formula is C18H20O. The van der Waals surface area contributed by atoms with E-state index < -0.39 is 0 Å². The summed E-state index contributed by atoms with van der Waals surface area (Å²) in [5.74, 6) is 0.231. The van der Waals surface area contributed by atoms with E-state index in [1.807, 2.05) is 25.1 Å². The molecule has 0 aliphatic carbocycles. The van der Waals surface area contributed by atoms with Gasteiger partial charge in [-0.25, -0.2) is 0 Å². The van der Waals surface area contributed by atoms with Gasteiger partial charge in [-0.2, -0.15) is 0 Å². The normalized spacial score (nSPS) is 10.5. The lowest BCUT2D eigenvalue weighted by Gasteiger charge is -2.09. The summed E-state index contributed by atoms with van der Waals surface area (Å²) in [6.45, 7) is 6.23. The van der Waals surface area contributed by atoms with E-state index in [9.17, 15) is 4.79 Å². The Labute approximate surface area is 115 Å². The van der Waals surface area contributed by atoms with Gasteiger partial charge in [-0.05, 0) is 43.0 Å². The third kappa shape index (κ3) is 3.11. The fraction of sp³-hybridized carbons (Fsp3) is 0.278. The smallest absolute Gasteiger partial charge is 0.162 e. The summed E-state index contributed by atoms with van der Waals surface area (Å²) in [6.07, 6.45) is 1.52. The number of benzene rings is 2. The molecule has 0 fully saturated rings. The molecule has 0 aliphatic rings. The highest BCUT2D eigenvalue weighted by Gasteiger charge is 2.07. The van der Waals surface area contributed by atoms with Crippen LogP contribution in [-0.4, -0.2) is 5.78 Å². The molecule has 1 heteroatoms. The largest absolute Gasteiger partial charge is 0.294 e. The molecule has 0 unspecified atom stereocenters. The second-order valence-corrected chi connectivity index (χ2v) is 5.07. The quantitative estimate of drug-likeness (QED) is 0.703. The van der Waals surface area contributed by atoms with Crippen molar-refractivity contribution in [3.63, 3.8) is 0 Å². The molecule has 0 bridgehead atoms. The first kappa shape index (κ1) is 13.5. The lowest BCUT2D eigenvalue weighted by atomic mass is 9.95. The maximum absolute atomic E-state index is 12.0. The van der Waals surface area contributed by atoms with Gasteiger partial charge in [0, 0.05) is 12.0 Å². The lowest BCUT2D eigenvalue weighted by Crippen LogP contribution is -1.98. The van der Waals surface area contributed by atoms with E-state index in [0.29, 0.717) is 6.42 Å². The van der Waals surface area contributed by atoms with E-state index in [1.165, 1.54) is 16.7 Å². The molecule has 19 heavy (non-hydrogen) atoms. The van der Waals surface area contributed by atoms with Crippen molar-refractivity contribution in [3.8, 4) is 11.1 Å². The molecular weight excluding hydrogens is 232 g/mol. The number of rotatable bonds is 4. The average molecular weight is 252 g/mol. The van der Waals surface area contributed by atoms with Crippen LogP contribution in [0.1, 0.15) is 41.3 Å². The fourth-order valence-corrected chi connectivity index (χ4v) is 2.28. The van der Waals surface area contributed by atoms with E-state index in [1.54, 1.807) is 0 Å². The van der Waals surface area contributed by atoms with Crippen LogP contribution in [0.4, 0.5) is 0 Å². The molecule has 0 spiro atoms. The van der Waals surface area contributed by atoms with E-state index in [4.69, 9.17) is 0 Å². The van der Waals surface area contributed by atoms with Gasteiger partial charge in [0.2, 0.25) is 0 Å². The highest BCUT2D eigenvalue weighted by molar-refractivity contribution is 5.97. The second-order valence-electron chi connectivity index (χ2n) is 5.07. The Morgan fingerprint density at radius 2 is 1.84 bits per heavy atom. The Balaban J connectivity index is 2.43. The van der Waals surface area contributed by atoms with Crippen LogP contribution in [0.25, 0.3) is 11.1 Å². The Morgan fingerprint density at radius 1 is 1.05 bits per heavy atom. The maximum Gasteiger partial charge on any atom is 0.162 e. The van der Waals surface area contributed by atoms with E-state index in [2.05, 4.69) is 38.1 Å². The topological polar surface area (TPSA) is 17.1 Å². The lowest BCUT2D eigenvalue weighted by molar-refractivity contribution is 0.0982. The molecule has 1 nitrogen and oxygen atoms in total. The highest BCUT2D eigenvalue weighted by atomic mass is 16.1. The van der Waals surface area contributed by atoms with Gasteiger partial charge in [-0.15, -0.1) is 0 Å². The number of carbonyl (C=O) groups excluding carboxylic acids is 1. The molecule has 0 atom stereocenters. The number of carbonyl (C=O) groups is 1. The number of ketones is 1. The zero-order chi connectivity index (χ0) is 13.8.